The summed E-state index contributed by atoms with van der Waals surface area (Å²) in [5, 5.41) is 9.64. The lowest BCUT2D eigenvalue weighted by molar-refractivity contribution is 0.282. The van der Waals surface area contributed by atoms with E-state index in [1.807, 2.05) is 18.2 Å². The number of aliphatic hydroxyl groups is 1. The molecule has 76 valence electrons. The topological polar surface area (TPSA) is 23.5 Å². The molecule has 1 aromatic rings. The van der Waals surface area contributed by atoms with Gasteiger partial charge in [-0.1, -0.05) is 17.7 Å². The molecule has 0 atom stereocenters. The molecular formula is C11H14ClNO. The van der Waals surface area contributed by atoms with E-state index in [1.165, 1.54) is 18.5 Å². The van der Waals surface area contributed by atoms with Crippen molar-refractivity contribution in [2.75, 3.05) is 18.0 Å². The molecule has 0 bridgehead atoms. The minimum absolute atomic E-state index is 0.0130. The molecule has 2 rings (SSSR count). The SMILES string of the molecule is OCc1ccc(N2CCCC2)cc1Cl. The van der Waals surface area contributed by atoms with Gasteiger partial charge in [-0.05, 0) is 30.5 Å². The van der Waals surface area contributed by atoms with Crippen LogP contribution in [0.15, 0.2) is 18.2 Å². The van der Waals surface area contributed by atoms with Gasteiger partial charge in [-0.3, -0.25) is 0 Å². The van der Waals surface area contributed by atoms with E-state index in [1.54, 1.807) is 0 Å². The highest BCUT2D eigenvalue weighted by Crippen LogP contribution is 2.26. The predicted octanol–water partition coefficient (Wildman–Crippen LogP) is 2.43. The Morgan fingerprint density at radius 3 is 2.57 bits per heavy atom. The molecule has 0 spiro atoms. The molecule has 14 heavy (non-hydrogen) atoms. The van der Waals surface area contributed by atoms with Crippen LogP contribution in [-0.4, -0.2) is 18.2 Å². The van der Waals surface area contributed by atoms with Crippen LogP contribution in [0.25, 0.3) is 0 Å². The molecule has 0 unspecified atom stereocenters. The van der Waals surface area contributed by atoms with E-state index in [0.717, 1.165) is 18.7 Å². The average Bonchev–Trinajstić information content (AvgIpc) is 2.70. The van der Waals surface area contributed by atoms with E-state index in [4.69, 9.17) is 16.7 Å². The Morgan fingerprint density at radius 2 is 2.00 bits per heavy atom. The van der Waals surface area contributed by atoms with E-state index < -0.39 is 0 Å². The molecule has 0 saturated carbocycles. The molecule has 1 aliphatic heterocycles. The van der Waals surface area contributed by atoms with Crippen LogP contribution in [-0.2, 0) is 6.61 Å². The summed E-state index contributed by atoms with van der Waals surface area (Å²) in [5.41, 5.74) is 1.97. The monoisotopic (exact) mass is 211 g/mol. The summed E-state index contributed by atoms with van der Waals surface area (Å²) in [6, 6.07) is 5.87. The summed E-state index contributed by atoms with van der Waals surface area (Å²) in [6.45, 7) is 2.25. The van der Waals surface area contributed by atoms with Gasteiger partial charge < -0.3 is 10.0 Å². The van der Waals surface area contributed by atoms with Crippen molar-refractivity contribution in [3.05, 3.63) is 28.8 Å². The summed E-state index contributed by atoms with van der Waals surface area (Å²) in [6.07, 6.45) is 2.53. The molecular weight excluding hydrogens is 198 g/mol. The number of aliphatic hydroxyl groups excluding tert-OH is 1. The normalized spacial score (nSPS) is 16.3. The molecule has 1 fully saturated rings. The van der Waals surface area contributed by atoms with Crippen molar-refractivity contribution < 1.29 is 5.11 Å². The standard InChI is InChI=1S/C11H14ClNO/c12-11-7-10(4-3-9(11)8-14)13-5-1-2-6-13/h3-4,7,14H,1-2,5-6,8H2. The van der Waals surface area contributed by atoms with Gasteiger partial charge in [0.1, 0.15) is 0 Å². The van der Waals surface area contributed by atoms with E-state index in [-0.39, 0.29) is 6.61 Å². The van der Waals surface area contributed by atoms with Crippen molar-refractivity contribution in [3.63, 3.8) is 0 Å². The van der Waals surface area contributed by atoms with Crippen LogP contribution in [0.1, 0.15) is 18.4 Å². The van der Waals surface area contributed by atoms with Gasteiger partial charge in [-0.2, -0.15) is 0 Å². The average molecular weight is 212 g/mol. The van der Waals surface area contributed by atoms with Crippen LogP contribution in [0.5, 0.6) is 0 Å². The first-order valence-electron chi connectivity index (χ1n) is 4.95. The second-order valence-corrected chi connectivity index (χ2v) is 4.04. The number of hydrogen-bond donors (Lipinski definition) is 1. The van der Waals surface area contributed by atoms with E-state index >= 15 is 0 Å². The molecule has 1 aromatic carbocycles. The molecule has 1 aliphatic rings. The van der Waals surface area contributed by atoms with Gasteiger partial charge in [0.15, 0.2) is 0 Å². The Hall–Kier alpha value is -0.730. The second kappa shape index (κ2) is 4.20. The van der Waals surface area contributed by atoms with E-state index in [9.17, 15) is 0 Å². The van der Waals surface area contributed by atoms with Crippen LogP contribution < -0.4 is 4.90 Å². The maximum absolute atomic E-state index is 8.98. The minimum atomic E-state index is 0.0130. The Morgan fingerprint density at radius 1 is 1.29 bits per heavy atom. The summed E-state index contributed by atoms with van der Waals surface area (Å²) in [5.74, 6) is 0. The molecule has 1 N–H and O–H groups in total. The molecule has 3 heteroatoms. The highest BCUT2D eigenvalue weighted by Gasteiger charge is 2.12. The van der Waals surface area contributed by atoms with Crippen molar-refractivity contribution in [2.45, 2.75) is 19.4 Å². The van der Waals surface area contributed by atoms with Crippen LogP contribution in [0, 0.1) is 0 Å². The summed E-state index contributed by atoms with van der Waals surface area (Å²) in [7, 11) is 0. The zero-order valence-electron chi connectivity index (χ0n) is 8.04. The lowest BCUT2D eigenvalue weighted by Gasteiger charge is -2.18. The molecule has 0 amide bonds. The molecule has 1 heterocycles. The van der Waals surface area contributed by atoms with Crippen LogP contribution in [0.4, 0.5) is 5.69 Å². The maximum Gasteiger partial charge on any atom is 0.0696 e. The van der Waals surface area contributed by atoms with Gasteiger partial charge in [0, 0.05) is 23.8 Å². The van der Waals surface area contributed by atoms with Crippen molar-refractivity contribution in [1.29, 1.82) is 0 Å². The first-order chi connectivity index (χ1) is 6.81. The summed E-state index contributed by atoms with van der Waals surface area (Å²) < 4.78 is 0. The Kier molecular flexibility index (Phi) is 2.94. The Bertz CT molecular complexity index is 321. The third-order valence-corrected chi connectivity index (χ3v) is 3.03. The number of halogens is 1. The fourth-order valence-electron chi connectivity index (χ4n) is 1.84. The van der Waals surface area contributed by atoms with E-state index in [0.29, 0.717) is 5.02 Å². The lowest BCUT2D eigenvalue weighted by Crippen LogP contribution is -2.17. The molecule has 2 nitrogen and oxygen atoms in total. The van der Waals surface area contributed by atoms with Crippen LogP contribution >= 0.6 is 11.6 Å². The van der Waals surface area contributed by atoms with Crippen molar-refractivity contribution in [1.82, 2.24) is 0 Å². The fraction of sp³-hybridized carbons (Fsp3) is 0.455. The van der Waals surface area contributed by atoms with Gasteiger partial charge in [0.2, 0.25) is 0 Å². The second-order valence-electron chi connectivity index (χ2n) is 3.63. The summed E-state index contributed by atoms with van der Waals surface area (Å²) >= 11 is 6.02. The molecule has 0 radical (unpaired) electrons. The van der Waals surface area contributed by atoms with Gasteiger partial charge >= 0.3 is 0 Å². The smallest absolute Gasteiger partial charge is 0.0696 e. The predicted molar refractivity (Wildman–Crippen MR) is 58.8 cm³/mol. The van der Waals surface area contributed by atoms with Gasteiger partial charge in [0.05, 0.1) is 6.61 Å². The van der Waals surface area contributed by atoms with Crippen molar-refractivity contribution in [2.24, 2.45) is 0 Å². The fourth-order valence-corrected chi connectivity index (χ4v) is 2.07. The van der Waals surface area contributed by atoms with E-state index in [2.05, 4.69) is 4.90 Å². The molecule has 1 saturated heterocycles. The zero-order chi connectivity index (χ0) is 9.97. The Labute approximate surface area is 89.1 Å². The number of rotatable bonds is 2. The highest BCUT2D eigenvalue weighted by molar-refractivity contribution is 6.31. The molecule has 0 aliphatic carbocycles. The number of nitrogens with zero attached hydrogens (tertiary/aromatic N) is 1. The third-order valence-electron chi connectivity index (χ3n) is 2.68. The number of hydrogen-bond acceptors (Lipinski definition) is 2. The minimum Gasteiger partial charge on any atom is -0.392 e. The van der Waals surface area contributed by atoms with Crippen LogP contribution in [0.3, 0.4) is 0 Å². The largest absolute Gasteiger partial charge is 0.392 e. The number of anilines is 1. The lowest BCUT2D eigenvalue weighted by atomic mass is 10.2. The third kappa shape index (κ3) is 1.86. The molecule has 0 aromatic heterocycles. The first-order valence-corrected chi connectivity index (χ1v) is 5.33. The summed E-state index contributed by atoms with van der Waals surface area (Å²) in [4.78, 5) is 2.33. The number of benzene rings is 1. The Balaban J connectivity index is 2.23. The van der Waals surface area contributed by atoms with Gasteiger partial charge in [-0.15, -0.1) is 0 Å². The van der Waals surface area contributed by atoms with Crippen molar-refractivity contribution >= 4 is 17.3 Å². The quantitative estimate of drug-likeness (QED) is 0.812. The van der Waals surface area contributed by atoms with Gasteiger partial charge in [0.25, 0.3) is 0 Å². The van der Waals surface area contributed by atoms with Gasteiger partial charge in [-0.25, -0.2) is 0 Å². The maximum atomic E-state index is 8.98. The van der Waals surface area contributed by atoms with Crippen LogP contribution in [0.2, 0.25) is 5.02 Å². The van der Waals surface area contributed by atoms with Crippen molar-refractivity contribution in [3.8, 4) is 0 Å². The highest BCUT2D eigenvalue weighted by atomic mass is 35.5. The zero-order valence-corrected chi connectivity index (χ0v) is 8.80. The first kappa shape index (κ1) is 9.81.